The monoisotopic (exact) mass is 277 g/mol. The van der Waals surface area contributed by atoms with Gasteiger partial charge >= 0.3 is 5.97 Å². The molecular formula is C11H19NO5S. The molecule has 1 aliphatic rings. The molecule has 0 aliphatic carbocycles. The molecule has 0 aromatic rings. The number of carbonyl (C=O) groups is 2. The molecule has 18 heavy (non-hydrogen) atoms. The van der Waals surface area contributed by atoms with Gasteiger partial charge in [-0.25, -0.2) is 0 Å². The van der Waals surface area contributed by atoms with E-state index in [1.165, 1.54) is 6.92 Å². The van der Waals surface area contributed by atoms with E-state index in [2.05, 4.69) is 0 Å². The van der Waals surface area contributed by atoms with Gasteiger partial charge < -0.3 is 14.7 Å². The molecule has 1 saturated heterocycles. The Balaban J connectivity index is 2.51. The second kappa shape index (κ2) is 6.84. The van der Waals surface area contributed by atoms with Crippen LogP contribution < -0.4 is 0 Å². The van der Waals surface area contributed by atoms with Crippen molar-refractivity contribution in [2.45, 2.75) is 19.1 Å². The minimum atomic E-state index is -1.46. The maximum absolute atomic E-state index is 12.0. The summed E-state index contributed by atoms with van der Waals surface area (Å²) in [5, 5.41) is 8.09. The summed E-state index contributed by atoms with van der Waals surface area (Å²) in [6, 6.07) is 0. The van der Waals surface area contributed by atoms with Crippen molar-refractivity contribution in [3.8, 4) is 0 Å². The minimum Gasteiger partial charge on any atom is -0.481 e. The Labute approximate surface area is 109 Å². The quantitative estimate of drug-likeness (QED) is 0.746. The van der Waals surface area contributed by atoms with Crippen LogP contribution in [0.2, 0.25) is 0 Å². The van der Waals surface area contributed by atoms with Gasteiger partial charge in [0.15, 0.2) is 0 Å². The molecule has 104 valence electrons. The average Bonchev–Trinajstić information content (AvgIpc) is 2.37. The van der Waals surface area contributed by atoms with Crippen LogP contribution in [0.3, 0.4) is 0 Å². The van der Waals surface area contributed by atoms with Gasteiger partial charge in [0.25, 0.3) is 0 Å². The fourth-order valence-electron chi connectivity index (χ4n) is 1.62. The highest BCUT2D eigenvalue weighted by molar-refractivity contribution is 7.86. The third-order valence-corrected chi connectivity index (χ3v) is 4.72. The van der Waals surface area contributed by atoms with E-state index < -0.39 is 27.9 Å². The lowest BCUT2D eigenvalue weighted by Gasteiger charge is -2.29. The van der Waals surface area contributed by atoms with Crippen LogP contribution in [0, 0.1) is 5.92 Å². The summed E-state index contributed by atoms with van der Waals surface area (Å²) >= 11 is 0. The van der Waals surface area contributed by atoms with E-state index in [1.54, 1.807) is 11.8 Å². The van der Waals surface area contributed by atoms with Crippen molar-refractivity contribution in [2.75, 3.05) is 32.1 Å². The van der Waals surface area contributed by atoms with Gasteiger partial charge in [-0.2, -0.15) is 0 Å². The molecule has 0 radical (unpaired) electrons. The number of carbonyl (C=O) groups excluding carboxylic acids is 1. The first-order valence-corrected chi connectivity index (χ1v) is 7.28. The van der Waals surface area contributed by atoms with Crippen molar-refractivity contribution in [3.63, 3.8) is 0 Å². The van der Waals surface area contributed by atoms with Crippen LogP contribution in [0.1, 0.15) is 13.8 Å². The molecule has 0 aromatic heterocycles. The molecule has 1 fully saturated rings. The van der Waals surface area contributed by atoms with E-state index >= 15 is 0 Å². The molecule has 7 heteroatoms. The first kappa shape index (κ1) is 15.1. The molecule has 0 saturated carbocycles. The number of ether oxygens (including phenoxy) is 1. The van der Waals surface area contributed by atoms with Gasteiger partial charge in [0, 0.05) is 29.6 Å². The Morgan fingerprint density at radius 2 is 1.89 bits per heavy atom. The zero-order valence-corrected chi connectivity index (χ0v) is 11.4. The molecule has 6 nitrogen and oxygen atoms in total. The number of aliphatic carboxylic acids is 1. The van der Waals surface area contributed by atoms with Crippen molar-refractivity contribution in [3.05, 3.63) is 0 Å². The fourth-order valence-corrected chi connectivity index (χ4v) is 2.91. The molecule has 0 bridgehead atoms. The standard InChI is InChI=1S/C11H19NO5S/c1-8(11(14)15)7-18(16)9(2)10(13)12-3-5-17-6-4-12/h8-9H,3-7H2,1-2H3,(H,14,15). The second-order valence-corrected chi connectivity index (χ2v) is 6.17. The number of rotatable bonds is 5. The van der Waals surface area contributed by atoms with Crippen LogP contribution >= 0.6 is 0 Å². The van der Waals surface area contributed by atoms with Crippen molar-refractivity contribution >= 4 is 22.7 Å². The largest absolute Gasteiger partial charge is 0.481 e. The van der Waals surface area contributed by atoms with Crippen LogP contribution in [0.5, 0.6) is 0 Å². The SMILES string of the molecule is CC(CS(=O)C(C)C(=O)N1CCOCC1)C(=O)O. The predicted octanol–water partition coefficient (Wildman–Crippen LogP) is -0.297. The van der Waals surface area contributed by atoms with E-state index in [1.807, 2.05) is 0 Å². The van der Waals surface area contributed by atoms with E-state index in [-0.39, 0.29) is 11.7 Å². The molecule has 0 aromatic carbocycles. The molecule has 0 spiro atoms. The number of carboxylic acid groups (broad SMARTS) is 1. The molecule has 3 atom stereocenters. The summed E-state index contributed by atoms with van der Waals surface area (Å²) in [5.74, 6) is -1.87. The van der Waals surface area contributed by atoms with Crippen molar-refractivity contribution < 1.29 is 23.6 Å². The van der Waals surface area contributed by atoms with E-state index in [0.717, 1.165) is 0 Å². The van der Waals surface area contributed by atoms with Gasteiger partial charge in [0.2, 0.25) is 5.91 Å². The van der Waals surface area contributed by atoms with Crippen LogP contribution in [0.4, 0.5) is 0 Å². The third kappa shape index (κ3) is 4.06. The number of hydrogen-bond donors (Lipinski definition) is 1. The molecule has 1 N–H and O–H groups in total. The normalized spacial score (nSPS) is 21.1. The topological polar surface area (TPSA) is 83.9 Å². The predicted molar refractivity (Wildman–Crippen MR) is 66.7 cm³/mol. The Bertz CT molecular complexity index is 340. The first-order valence-electron chi connectivity index (χ1n) is 5.90. The molecule has 1 aliphatic heterocycles. The first-order chi connectivity index (χ1) is 8.43. The molecule has 1 rings (SSSR count). The Morgan fingerprint density at radius 1 is 1.33 bits per heavy atom. The van der Waals surface area contributed by atoms with E-state index in [9.17, 15) is 13.8 Å². The summed E-state index contributed by atoms with van der Waals surface area (Å²) in [5.41, 5.74) is 0. The third-order valence-electron chi connectivity index (χ3n) is 2.90. The van der Waals surface area contributed by atoms with E-state index in [4.69, 9.17) is 9.84 Å². The maximum atomic E-state index is 12.0. The van der Waals surface area contributed by atoms with Crippen LogP contribution in [0.25, 0.3) is 0 Å². The highest BCUT2D eigenvalue weighted by atomic mass is 32.2. The Kier molecular flexibility index (Phi) is 5.74. The van der Waals surface area contributed by atoms with Gasteiger partial charge in [0.1, 0.15) is 5.25 Å². The highest BCUT2D eigenvalue weighted by Crippen LogP contribution is 2.09. The second-order valence-electron chi connectivity index (χ2n) is 4.37. The van der Waals surface area contributed by atoms with E-state index in [0.29, 0.717) is 26.3 Å². The molecule has 3 unspecified atom stereocenters. The summed E-state index contributed by atoms with van der Waals surface area (Å²) in [4.78, 5) is 24.3. The smallest absolute Gasteiger partial charge is 0.307 e. The zero-order chi connectivity index (χ0) is 13.7. The molecular weight excluding hydrogens is 258 g/mol. The van der Waals surface area contributed by atoms with Crippen LogP contribution in [0.15, 0.2) is 0 Å². The molecule has 1 heterocycles. The lowest BCUT2D eigenvalue weighted by Crippen LogP contribution is -2.46. The average molecular weight is 277 g/mol. The minimum absolute atomic E-state index is 0.00653. The van der Waals surface area contributed by atoms with Gasteiger partial charge in [0.05, 0.1) is 19.1 Å². The van der Waals surface area contributed by atoms with Gasteiger partial charge in [-0.15, -0.1) is 0 Å². The zero-order valence-electron chi connectivity index (χ0n) is 10.6. The van der Waals surface area contributed by atoms with Crippen LogP contribution in [-0.2, 0) is 25.1 Å². The summed E-state index contributed by atoms with van der Waals surface area (Å²) in [6.45, 7) is 5.09. The Hall–Kier alpha value is -0.950. The van der Waals surface area contributed by atoms with Gasteiger partial charge in [-0.05, 0) is 6.92 Å². The number of carboxylic acids is 1. The number of morpholine rings is 1. The number of nitrogens with zero attached hydrogens (tertiary/aromatic N) is 1. The van der Waals surface area contributed by atoms with Crippen molar-refractivity contribution in [1.29, 1.82) is 0 Å². The lowest BCUT2D eigenvalue weighted by molar-refractivity contribution is -0.140. The van der Waals surface area contributed by atoms with Crippen molar-refractivity contribution in [1.82, 2.24) is 4.90 Å². The summed E-state index contributed by atoms with van der Waals surface area (Å²) in [6.07, 6.45) is 0. The Morgan fingerprint density at radius 3 is 2.39 bits per heavy atom. The number of hydrogen-bond acceptors (Lipinski definition) is 4. The van der Waals surface area contributed by atoms with Gasteiger partial charge in [-0.3, -0.25) is 13.8 Å². The highest BCUT2D eigenvalue weighted by Gasteiger charge is 2.28. The molecule has 1 amide bonds. The van der Waals surface area contributed by atoms with Crippen molar-refractivity contribution in [2.24, 2.45) is 5.92 Å². The lowest BCUT2D eigenvalue weighted by atomic mass is 10.2. The van der Waals surface area contributed by atoms with Gasteiger partial charge in [-0.1, -0.05) is 6.92 Å². The van der Waals surface area contributed by atoms with Crippen LogP contribution in [-0.4, -0.2) is 63.4 Å². The fraction of sp³-hybridized carbons (Fsp3) is 0.818. The number of amides is 1. The summed E-state index contributed by atoms with van der Waals surface area (Å²) in [7, 11) is -1.46. The maximum Gasteiger partial charge on any atom is 0.307 e. The summed E-state index contributed by atoms with van der Waals surface area (Å²) < 4.78 is 17.0.